The summed E-state index contributed by atoms with van der Waals surface area (Å²) in [5.74, 6) is 0.106. The molecule has 4 nitrogen and oxygen atoms in total. The van der Waals surface area contributed by atoms with Crippen molar-refractivity contribution in [2.45, 2.75) is 19.2 Å². The van der Waals surface area contributed by atoms with Crippen LogP contribution in [-0.4, -0.2) is 35.8 Å². The van der Waals surface area contributed by atoms with Crippen LogP contribution in [0.3, 0.4) is 0 Å². The fourth-order valence-corrected chi connectivity index (χ4v) is 1.66. The molecule has 0 spiro atoms. The number of ether oxygens (including phenoxy) is 1. The lowest BCUT2D eigenvalue weighted by molar-refractivity contribution is -0.141. The SMILES string of the molecule is CC1CN(c2nccc(C(F)(F)F)n2)CCO1. The summed E-state index contributed by atoms with van der Waals surface area (Å²) in [6, 6.07) is 0.868. The smallest absolute Gasteiger partial charge is 0.375 e. The summed E-state index contributed by atoms with van der Waals surface area (Å²) >= 11 is 0. The van der Waals surface area contributed by atoms with Crippen LogP contribution in [-0.2, 0) is 10.9 Å². The Bertz CT molecular complexity index is 397. The van der Waals surface area contributed by atoms with Gasteiger partial charge in [0.1, 0.15) is 5.69 Å². The van der Waals surface area contributed by atoms with Gasteiger partial charge in [0.25, 0.3) is 0 Å². The molecule has 0 bridgehead atoms. The molecule has 7 heteroatoms. The average molecular weight is 247 g/mol. The van der Waals surface area contributed by atoms with Crippen molar-refractivity contribution in [1.29, 1.82) is 0 Å². The first kappa shape index (κ1) is 12.1. The molecule has 94 valence electrons. The van der Waals surface area contributed by atoms with Crippen LogP contribution in [0.15, 0.2) is 12.3 Å². The van der Waals surface area contributed by atoms with Gasteiger partial charge in [0.05, 0.1) is 12.7 Å². The van der Waals surface area contributed by atoms with Gasteiger partial charge in [-0.1, -0.05) is 0 Å². The number of nitrogens with zero attached hydrogens (tertiary/aromatic N) is 3. The van der Waals surface area contributed by atoms with Crippen molar-refractivity contribution in [3.05, 3.63) is 18.0 Å². The molecule has 1 aliphatic rings. The second-order valence-electron chi connectivity index (χ2n) is 3.87. The first-order valence-corrected chi connectivity index (χ1v) is 5.23. The highest BCUT2D eigenvalue weighted by molar-refractivity contribution is 5.31. The normalized spacial score (nSPS) is 21.6. The van der Waals surface area contributed by atoms with Crippen molar-refractivity contribution >= 4 is 5.95 Å². The monoisotopic (exact) mass is 247 g/mol. The highest BCUT2D eigenvalue weighted by Gasteiger charge is 2.33. The molecule has 1 atom stereocenters. The van der Waals surface area contributed by atoms with Crippen molar-refractivity contribution in [3.8, 4) is 0 Å². The molecule has 0 amide bonds. The maximum Gasteiger partial charge on any atom is 0.433 e. The Morgan fingerprint density at radius 1 is 1.47 bits per heavy atom. The van der Waals surface area contributed by atoms with Crippen LogP contribution >= 0.6 is 0 Å². The number of anilines is 1. The number of aromatic nitrogens is 2. The van der Waals surface area contributed by atoms with E-state index in [-0.39, 0.29) is 12.1 Å². The quantitative estimate of drug-likeness (QED) is 0.757. The highest BCUT2D eigenvalue weighted by atomic mass is 19.4. The molecule has 1 fully saturated rings. The van der Waals surface area contributed by atoms with Crippen molar-refractivity contribution in [1.82, 2.24) is 9.97 Å². The molecule has 17 heavy (non-hydrogen) atoms. The second-order valence-corrected chi connectivity index (χ2v) is 3.87. The average Bonchev–Trinajstić information content (AvgIpc) is 2.28. The summed E-state index contributed by atoms with van der Waals surface area (Å²) in [6.07, 6.45) is -3.33. The van der Waals surface area contributed by atoms with E-state index in [9.17, 15) is 13.2 Å². The fourth-order valence-electron chi connectivity index (χ4n) is 1.66. The Hall–Kier alpha value is -1.37. The van der Waals surface area contributed by atoms with Gasteiger partial charge < -0.3 is 9.64 Å². The van der Waals surface area contributed by atoms with E-state index in [0.717, 1.165) is 12.3 Å². The van der Waals surface area contributed by atoms with Gasteiger partial charge >= 0.3 is 6.18 Å². The van der Waals surface area contributed by atoms with Crippen molar-refractivity contribution in [2.75, 3.05) is 24.6 Å². The van der Waals surface area contributed by atoms with Crippen LogP contribution in [0.25, 0.3) is 0 Å². The maximum absolute atomic E-state index is 12.5. The summed E-state index contributed by atoms with van der Waals surface area (Å²) in [5.41, 5.74) is -0.915. The van der Waals surface area contributed by atoms with E-state index < -0.39 is 11.9 Å². The molecule has 0 N–H and O–H groups in total. The van der Waals surface area contributed by atoms with Crippen molar-refractivity contribution in [3.63, 3.8) is 0 Å². The molecule has 2 rings (SSSR count). The van der Waals surface area contributed by atoms with Crippen LogP contribution in [0.1, 0.15) is 12.6 Å². The third kappa shape index (κ3) is 2.85. The van der Waals surface area contributed by atoms with E-state index in [1.54, 1.807) is 4.90 Å². The minimum absolute atomic E-state index is 0.0260. The van der Waals surface area contributed by atoms with Gasteiger partial charge in [-0.25, -0.2) is 9.97 Å². The van der Waals surface area contributed by atoms with Crippen LogP contribution in [0.2, 0.25) is 0 Å². The van der Waals surface area contributed by atoms with Gasteiger partial charge in [-0.15, -0.1) is 0 Å². The maximum atomic E-state index is 12.5. The van der Waals surface area contributed by atoms with E-state index in [4.69, 9.17) is 4.74 Å². The molecule has 1 saturated heterocycles. The summed E-state index contributed by atoms with van der Waals surface area (Å²) in [4.78, 5) is 9.10. The molecule has 1 aromatic rings. The highest BCUT2D eigenvalue weighted by Crippen LogP contribution is 2.28. The Morgan fingerprint density at radius 3 is 2.88 bits per heavy atom. The molecule has 0 saturated carbocycles. The minimum atomic E-state index is -4.43. The Morgan fingerprint density at radius 2 is 2.24 bits per heavy atom. The molecular weight excluding hydrogens is 235 g/mol. The number of alkyl halides is 3. The van der Waals surface area contributed by atoms with Gasteiger partial charge in [-0.05, 0) is 13.0 Å². The third-order valence-corrected chi connectivity index (χ3v) is 2.46. The zero-order valence-electron chi connectivity index (χ0n) is 9.24. The summed E-state index contributed by atoms with van der Waals surface area (Å²) < 4.78 is 42.7. The van der Waals surface area contributed by atoms with Gasteiger partial charge in [0, 0.05) is 19.3 Å². The van der Waals surface area contributed by atoms with Crippen LogP contribution < -0.4 is 4.90 Å². The third-order valence-electron chi connectivity index (χ3n) is 2.46. The minimum Gasteiger partial charge on any atom is -0.375 e. The van der Waals surface area contributed by atoms with Crippen molar-refractivity contribution < 1.29 is 17.9 Å². The number of rotatable bonds is 1. The predicted molar refractivity (Wildman–Crippen MR) is 54.7 cm³/mol. The Kier molecular flexibility index (Phi) is 3.19. The van der Waals surface area contributed by atoms with Gasteiger partial charge in [-0.2, -0.15) is 13.2 Å². The Balaban J connectivity index is 2.21. The zero-order chi connectivity index (χ0) is 12.5. The molecule has 0 aromatic carbocycles. The summed E-state index contributed by atoms with van der Waals surface area (Å²) in [5, 5.41) is 0. The molecule has 1 aliphatic heterocycles. The lowest BCUT2D eigenvalue weighted by Gasteiger charge is -2.31. The molecule has 1 unspecified atom stereocenters. The number of hydrogen-bond acceptors (Lipinski definition) is 4. The van der Waals surface area contributed by atoms with E-state index in [2.05, 4.69) is 9.97 Å². The molecule has 1 aromatic heterocycles. The first-order chi connectivity index (χ1) is 7.97. The van der Waals surface area contributed by atoms with Gasteiger partial charge in [0.2, 0.25) is 5.95 Å². The molecule has 0 aliphatic carbocycles. The summed E-state index contributed by atoms with van der Waals surface area (Å²) in [6.45, 7) is 3.34. The molecule has 0 radical (unpaired) electrons. The van der Waals surface area contributed by atoms with E-state index in [0.29, 0.717) is 19.7 Å². The molecule has 2 heterocycles. The number of hydrogen-bond donors (Lipinski definition) is 0. The number of morpholine rings is 1. The number of halogens is 3. The standard InChI is InChI=1S/C10H12F3N3O/c1-7-6-16(4-5-17-7)9-14-3-2-8(15-9)10(11,12)13/h2-3,7H,4-6H2,1H3. The van der Waals surface area contributed by atoms with Crippen LogP contribution in [0.5, 0.6) is 0 Å². The van der Waals surface area contributed by atoms with Gasteiger partial charge in [0.15, 0.2) is 0 Å². The second kappa shape index (κ2) is 4.48. The predicted octanol–water partition coefficient (Wildman–Crippen LogP) is 1.72. The van der Waals surface area contributed by atoms with E-state index in [1.807, 2.05) is 6.92 Å². The van der Waals surface area contributed by atoms with E-state index in [1.165, 1.54) is 0 Å². The largest absolute Gasteiger partial charge is 0.433 e. The van der Waals surface area contributed by atoms with Crippen molar-refractivity contribution in [2.24, 2.45) is 0 Å². The lowest BCUT2D eigenvalue weighted by Crippen LogP contribution is -2.42. The van der Waals surface area contributed by atoms with E-state index >= 15 is 0 Å². The first-order valence-electron chi connectivity index (χ1n) is 5.23. The van der Waals surface area contributed by atoms with Crippen LogP contribution in [0, 0.1) is 0 Å². The summed E-state index contributed by atoms with van der Waals surface area (Å²) in [7, 11) is 0. The Labute approximate surface area is 96.4 Å². The fraction of sp³-hybridized carbons (Fsp3) is 0.600. The van der Waals surface area contributed by atoms with Crippen LogP contribution in [0.4, 0.5) is 19.1 Å². The molecular formula is C10H12F3N3O. The zero-order valence-corrected chi connectivity index (χ0v) is 9.24. The topological polar surface area (TPSA) is 38.2 Å². The van der Waals surface area contributed by atoms with Gasteiger partial charge in [-0.3, -0.25) is 0 Å². The lowest BCUT2D eigenvalue weighted by atomic mass is 10.3.